The first-order valence-corrected chi connectivity index (χ1v) is 7.90. The van der Waals surface area contributed by atoms with Gasteiger partial charge in [-0.1, -0.05) is 32.0 Å². The normalized spacial score (nSPS) is 11.1. The number of ether oxygens (including phenoxy) is 2. The van der Waals surface area contributed by atoms with Crippen LogP contribution in [-0.2, 0) is 11.3 Å². The zero-order valence-electron chi connectivity index (χ0n) is 14.6. The maximum absolute atomic E-state index is 5.86. The smallest absolute Gasteiger partial charge is 0.191 e. The predicted molar refractivity (Wildman–Crippen MR) is 107 cm³/mol. The Kier molecular flexibility index (Phi) is 12.8. The second kappa shape index (κ2) is 13.4. The molecule has 0 fully saturated rings. The fourth-order valence-corrected chi connectivity index (χ4v) is 1.83. The Morgan fingerprint density at radius 3 is 2.61 bits per heavy atom. The minimum atomic E-state index is 0. The molecule has 132 valence electrons. The molecule has 0 radical (unpaired) electrons. The predicted octanol–water partition coefficient (Wildman–Crippen LogP) is 3.04. The standard InChI is InChI=1S/C17H29N3O2.HI/c1-5-21-11-10-19-17(18-4)20-12-15-8-6-7-9-16(15)22-13-14(2)3;/h6-9,14H,5,10-13H2,1-4H3,(H2,18,19,20);1H. The lowest BCUT2D eigenvalue weighted by atomic mass is 10.2. The summed E-state index contributed by atoms with van der Waals surface area (Å²) in [6.07, 6.45) is 0. The van der Waals surface area contributed by atoms with Gasteiger partial charge in [0.05, 0.1) is 13.2 Å². The molecule has 0 spiro atoms. The number of hydrogen-bond acceptors (Lipinski definition) is 3. The average Bonchev–Trinajstić information content (AvgIpc) is 2.53. The largest absolute Gasteiger partial charge is 0.493 e. The number of aliphatic imine (C=N–C) groups is 1. The molecule has 0 aromatic heterocycles. The highest BCUT2D eigenvalue weighted by Gasteiger charge is 2.05. The molecule has 5 nitrogen and oxygen atoms in total. The number of halogens is 1. The number of benzene rings is 1. The molecule has 0 aliphatic carbocycles. The molecular weight excluding hydrogens is 405 g/mol. The fourth-order valence-electron chi connectivity index (χ4n) is 1.83. The van der Waals surface area contributed by atoms with Gasteiger partial charge in [-0.3, -0.25) is 4.99 Å². The van der Waals surface area contributed by atoms with E-state index in [0.717, 1.165) is 37.0 Å². The Labute approximate surface area is 157 Å². The number of nitrogens with one attached hydrogen (secondary N) is 2. The summed E-state index contributed by atoms with van der Waals surface area (Å²) in [5, 5.41) is 6.51. The second-order valence-electron chi connectivity index (χ2n) is 5.36. The van der Waals surface area contributed by atoms with Gasteiger partial charge in [0, 0.05) is 32.3 Å². The van der Waals surface area contributed by atoms with Crippen LogP contribution in [0.5, 0.6) is 5.75 Å². The first-order chi connectivity index (χ1) is 10.7. The molecule has 0 amide bonds. The summed E-state index contributed by atoms with van der Waals surface area (Å²) in [5.41, 5.74) is 1.12. The van der Waals surface area contributed by atoms with Crippen molar-refractivity contribution in [1.29, 1.82) is 0 Å². The number of nitrogens with zero attached hydrogens (tertiary/aromatic N) is 1. The van der Waals surface area contributed by atoms with Crippen LogP contribution >= 0.6 is 24.0 Å². The van der Waals surface area contributed by atoms with E-state index in [1.807, 2.05) is 25.1 Å². The molecule has 1 aromatic rings. The van der Waals surface area contributed by atoms with Crippen molar-refractivity contribution < 1.29 is 9.47 Å². The van der Waals surface area contributed by atoms with E-state index in [1.165, 1.54) is 0 Å². The van der Waals surface area contributed by atoms with Crippen molar-refractivity contribution in [3.63, 3.8) is 0 Å². The van der Waals surface area contributed by atoms with E-state index in [1.54, 1.807) is 7.05 Å². The molecule has 0 saturated heterocycles. The molecule has 0 aliphatic rings. The van der Waals surface area contributed by atoms with Crippen LogP contribution in [-0.4, -0.2) is 39.4 Å². The first-order valence-electron chi connectivity index (χ1n) is 7.90. The van der Waals surface area contributed by atoms with Crippen LogP contribution in [0, 0.1) is 5.92 Å². The van der Waals surface area contributed by atoms with Gasteiger partial charge < -0.3 is 20.1 Å². The lowest BCUT2D eigenvalue weighted by molar-refractivity contribution is 0.152. The molecule has 2 N–H and O–H groups in total. The molecule has 0 aliphatic heterocycles. The Balaban J connectivity index is 0.00000484. The molecule has 1 rings (SSSR count). The van der Waals surface area contributed by atoms with Crippen molar-refractivity contribution in [2.45, 2.75) is 27.3 Å². The van der Waals surface area contributed by atoms with Gasteiger partial charge in [0.2, 0.25) is 0 Å². The molecule has 0 saturated carbocycles. The zero-order chi connectivity index (χ0) is 16.2. The Morgan fingerprint density at radius 2 is 1.96 bits per heavy atom. The summed E-state index contributed by atoms with van der Waals surface area (Å²) in [6, 6.07) is 8.08. The van der Waals surface area contributed by atoms with E-state index >= 15 is 0 Å². The van der Waals surface area contributed by atoms with Gasteiger partial charge in [-0.25, -0.2) is 0 Å². The molecule has 6 heteroatoms. The van der Waals surface area contributed by atoms with Crippen molar-refractivity contribution in [2.75, 3.05) is 33.4 Å². The van der Waals surface area contributed by atoms with Crippen molar-refractivity contribution >= 4 is 29.9 Å². The van der Waals surface area contributed by atoms with Crippen LogP contribution in [0.25, 0.3) is 0 Å². The van der Waals surface area contributed by atoms with Crippen molar-refractivity contribution in [2.24, 2.45) is 10.9 Å². The van der Waals surface area contributed by atoms with E-state index < -0.39 is 0 Å². The fraction of sp³-hybridized carbons (Fsp3) is 0.588. The maximum atomic E-state index is 5.86. The molecule has 0 bridgehead atoms. The van der Waals surface area contributed by atoms with Crippen LogP contribution in [0.2, 0.25) is 0 Å². The van der Waals surface area contributed by atoms with Gasteiger partial charge in [-0.15, -0.1) is 24.0 Å². The average molecular weight is 435 g/mol. The molecule has 0 atom stereocenters. The van der Waals surface area contributed by atoms with Crippen molar-refractivity contribution in [3.8, 4) is 5.75 Å². The number of rotatable bonds is 9. The van der Waals surface area contributed by atoms with Gasteiger partial charge >= 0.3 is 0 Å². The van der Waals surface area contributed by atoms with E-state index in [0.29, 0.717) is 19.1 Å². The highest BCUT2D eigenvalue weighted by atomic mass is 127. The van der Waals surface area contributed by atoms with Crippen LogP contribution in [0.3, 0.4) is 0 Å². The monoisotopic (exact) mass is 435 g/mol. The van der Waals surface area contributed by atoms with Crippen molar-refractivity contribution in [1.82, 2.24) is 10.6 Å². The summed E-state index contributed by atoms with van der Waals surface area (Å²) in [6.45, 7) is 9.80. The van der Waals surface area contributed by atoms with Gasteiger partial charge in [-0.05, 0) is 18.9 Å². The molecule has 1 aromatic carbocycles. The zero-order valence-corrected chi connectivity index (χ0v) is 16.9. The molecule has 0 unspecified atom stereocenters. The summed E-state index contributed by atoms with van der Waals surface area (Å²) >= 11 is 0. The summed E-state index contributed by atoms with van der Waals surface area (Å²) in [5.74, 6) is 2.20. The topological polar surface area (TPSA) is 54.9 Å². The minimum absolute atomic E-state index is 0. The lowest BCUT2D eigenvalue weighted by Crippen LogP contribution is -2.38. The van der Waals surface area contributed by atoms with Gasteiger partial charge in [0.1, 0.15) is 5.75 Å². The molecule has 0 heterocycles. The van der Waals surface area contributed by atoms with Crippen molar-refractivity contribution in [3.05, 3.63) is 29.8 Å². The quantitative estimate of drug-likeness (QED) is 0.271. The second-order valence-corrected chi connectivity index (χ2v) is 5.36. The first kappa shape index (κ1) is 22.0. The lowest BCUT2D eigenvalue weighted by Gasteiger charge is -2.15. The third kappa shape index (κ3) is 9.65. The van der Waals surface area contributed by atoms with Crippen LogP contribution in [0.4, 0.5) is 0 Å². The number of guanidine groups is 1. The van der Waals surface area contributed by atoms with Gasteiger partial charge in [0.25, 0.3) is 0 Å². The molecular formula is C17H30IN3O2. The third-order valence-corrected chi connectivity index (χ3v) is 2.96. The molecule has 23 heavy (non-hydrogen) atoms. The summed E-state index contributed by atoms with van der Waals surface area (Å²) in [4.78, 5) is 4.20. The highest BCUT2D eigenvalue weighted by Crippen LogP contribution is 2.18. The SMILES string of the molecule is CCOCCNC(=NC)NCc1ccccc1OCC(C)C.I. The van der Waals surface area contributed by atoms with Gasteiger partial charge in [0.15, 0.2) is 5.96 Å². The van der Waals surface area contributed by atoms with E-state index in [4.69, 9.17) is 9.47 Å². The number of para-hydroxylation sites is 1. The maximum Gasteiger partial charge on any atom is 0.191 e. The minimum Gasteiger partial charge on any atom is -0.493 e. The highest BCUT2D eigenvalue weighted by molar-refractivity contribution is 14.0. The van der Waals surface area contributed by atoms with E-state index in [2.05, 4.69) is 35.5 Å². The van der Waals surface area contributed by atoms with E-state index in [9.17, 15) is 0 Å². The van der Waals surface area contributed by atoms with Crippen LogP contribution in [0.1, 0.15) is 26.3 Å². The Morgan fingerprint density at radius 1 is 1.22 bits per heavy atom. The van der Waals surface area contributed by atoms with E-state index in [-0.39, 0.29) is 24.0 Å². The summed E-state index contributed by atoms with van der Waals surface area (Å²) < 4.78 is 11.2. The van der Waals surface area contributed by atoms with Crippen LogP contribution in [0.15, 0.2) is 29.3 Å². The Hall–Kier alpha value is -1.02. The Bertz CT molecular complexity index is 453. The third-order valence-electron chi connectivity index (χ3n) is 2.96. The van der Waals surface area contributed by atoms with Gasteiger partial charge in [-0.2, -0.15) is 0 Å². The number of hydrogen-bond donors (Lipinski definition) is 2. The van der Waals surface area contributed by atoms with Crippen LogP contribution < -0.4 is 15.4 Å². The summed E-state index contributed by atoms with van der Waals surface area (Å²) in [7, 11) is 1.76.